The van der Waals surface area contributed by atoms with Gasteiger partial charge in [-0.1, -0.05) is 48.0 Å². The van der Waals surface area contributed by atoms with Gasteiger partial charge < -0.3 is 5.32 Å². The third-order valence-electron chi connectivity index (χ3n) is 2.78. The maximum Gasteiger partial charge on any atom is 0.224 e. The maximum absolute atomic E-state index is 11.9. The van der Waals surface area contributed by atoms with Gasteiger partial charge >= 0.3 is 0 Å². The van der Waals surface area contributed by atoms with Gasteiger partial charge in [0.15, 0.2) is 5.78 Å². The normalized spacial score (nSPS) is 10.1. The molecule has 20 heavy (non-hydrogen) atoms. The zero-order valence-corrected chi connectivity index (χ0v) is 11.6. The summed E-state index contributed by atoms with van der Waals surface area (Å²) in [6.07, 6.45) is 0.344. The van der Waals surface area contributed by atoms with E-state index in [1.54, 1.807) is 48.5 Å². The van der Waals surface area contributed by atoms with E-state index in [0.29, 0.717) is 16.3 Å². The van der Waals surface area contributed by atoms with Crippen LogP contribution in [-0.2, 0) is 4.79 Å². The Hall–Kier alpha value is -2.13. The van der Waals surface area contributed by atoms with Crippen molar-refractivity contribution >= 4 is 29.0 Å². The van der Waals surface area contributed by atoms with E-state index in [1.807, 2.05) is 6.07 Å². The molecule has 4 heteroatoms. The van der Waals surface area contributed by atoms with E-state index in [9.17, 15) is 9.59 Å². The van der Waals surface area contributed by atoms with E-state index < -0.39 is 0 Å². The quantitative estimate of drug-likeness (QED) is 0.847. The zero-order chi connectivity index (χ0) is 14.4. The van der Waals surface area contributed by atoms with Crippen molar-refractivity contribution in [3.05, 3.63) is 65.2 Å². The van der Waals surface area contributed by atoms with Crippen LogP contribution in [0.2, 0.25) is 5.02 Å². The van der Waals surface area contributed by atoms with E-state index in [2.05, 4.69) is 5.32 Å². The molecule has 0 atom stereocenters. The second-order valence-corrected chi connectivity index (χ2v) is 4.78. The Morgan fingerprint density at radius 1 is 0.950 bits per heavy atom. The lowest BCUT2D eigenvalue weighted by atomic mass is 10.1. The van der Waals surface area contributed by atoms with Crippen LogP contribution in [-0.4, -0.2) is 11.7 Å². The maximum atomic E-state index is 11.9. The van der Waals surface area contributed by atoms with Crippen molar-refractivity contribution in [1.29, 1.82) is 0 Å². The lowest BCUT2D eigenvalue weighted by Crippen LogP contribution is -2.13. The molecule has 2 aromatic carbocycles. The highest BCUT2D eigenvalue weighted by atomic mass is 35.5. The number of amides is 1. The van der Waals surface area contributed by atoms with Crippen molar-refractivity contribution in [2.24, 2.45) is 0 Å². The van der Waals surface area contributed by atoms with Gasteiger partial charge in [0.2, 0.25) is 5.91 Å². The van der Waals surface area contributed by atoms with Gasteiger partial charge in [-0.2, -0.15) is 0 Å². The Morgan fingerprint density at radius 3 is 2.40 bits per heavy atom. The molecule has 0 aromatic heterocycles. The molecule has 0 aliphatic heterocycles. The number of ketones is 1. The molecule has 2 rings (SSSR count). The summed E-state index contributed by atoms with van der Waals surface area (Å²) >= 11 is 5.83. The lowest BCUT2D eigenvalue weighted by Gasteiger charge is -2.05. The van der Waals surface area contributed by atoms with Crippen molar-refractivity contribution in [3.8, 4) is 0 Å². The summed E-state index contributed by atoms with van der Waals surface area (Å²) in [6, 6.07) is 15.9. The molecule has 0 aliphatic rings. The molecule has 0 unspecified atom stereocenters. The Kier molecular flexibility index (Phi) is 4.91. The molecular weight excluding hydrogens is 274 g/mol. The van der Waals surface area contributed by atoms with Crippen LogP contribution in [0.1, 0.15) is 23.2 Å². The number of halogens is 1. The van der Waals surface area contributed by atoms with Gasteiger partial charge in [0.1, 0.15) is 0 Å². The number of nitrogens with one attached hydrogen (secondary N) is 1. The van der Waals surface area contributed by atoms with Crippen molar-refractivity contribution in [2.45, 2.75) is 12.8 Å². The van der Waals surface area contributed by atoms with Gasteiger partial charge in [-0.25, -0.2) is 0 Å². The van der Waals surface area contributed by atoms with E-state index in [1.165, 1.54) is 0 Å². The Balaban J connectivity index is 1.85. The molecule has 0 aliphatic carbocycles. The monoisotopic (exact) mass is 287 g/mol. The Labute approximate surface area is 122 Å². The molecule has 0 saturated heterocycles. The molecule has 0 saturated carbocycles. The molecule has 0 fully saturated rings. The van der Waals surface area contributed by atoms with E-state index in [0.717, 1.165) is 0 Å². The number of hydrogen-bond acceptors (Lipinski definition) is 2. The van der Waals surface area contributed by atoms with Gasteiger partial charge in [0.05, 0.1) is 0 Å². The average Bonchev–Trinajstić information content (AvgIpc) is 2.46. The van der Waals surface area contributed by atoms with Gasteiger partial charge in [0.25, 0.3) is 0 Å². The Bertz CT molecular complexity index is 611. The predicted octanol–water partition coefficient (Wildman–Crippen LogP) is 3.94. The molecule has 2 aromatic rings. The molecule has 0 radical (unpaired) electrons. The number of rotatable bonds is 5. The van der Waals surface area contributed by atoms with Crippen LogP contribution in [0.25, 0.3) is 0 Å². The molecule has 3 nitrogen and oxygen atoms in total. The number of anilines is 1. The van der Waals surface area contributed by atoms with Crippen LogP contribution >= 0.6 is 11.6 Å². The minimum Gasteiger partial charge on any atom is -0.326 e. The van der Waals surface area contributed by atoms with Gasteiger partial charge in [-0.05, 0) is 18.2 Å². The topological polar surface area (TPSA) is 46.2 Å². The predicted molar refractivity (Wildman–Crippen MR) is 80.1 cm³/mol. The Morgan fingerprint density at radius 2 is 1.70 bits per heavy atom. The standard InChI is InChI=1S/C16H14ClNO2/c17-13-7-4-8-14(11-13)18-16(20)10-9-15(19)12-5-2-1-3-6-12/h1-8,11H,9-10H2,(H,18,20). The smallest absolute Gasteiger partial charge is 0.224 e. The van der Waals surface area contributed by atoms with Crippen molar-refractivity contribution in [2.75, 3.05) is 5.32 Å². The van der Waals surface area contributed by atoms with Crippen molar-refractivity contribution < 1.29 is 9.59 Å². The van der Waals surface area contributed by atoms with Crippen molar-refractivity contribution in [3.63, 3.8) is 0 Å². The zero-order valence-electron chi connectivity index (χ0n) is 10.8. The fourth-order valence-corrected chi connectivity index (χ4v) is 1.98. The highest BCUT2D eigenvalue weighted by Gasteiger charge is 2.09. The van der Waals surface area contributed by atoms with Gasteiger partial charge in [-0.3, -0.25) is 9.59 Å². The number of carbonyl (C=O) groups excluding carboxylic acids is 2. The first kappa shape index (κ1) is 14.3. The summed E-state index contributed by atoms with van der Waals surface area (Å²) in [7, 11) is 0. The van der Waals surface area contributed by atoms with Crippen LogP contribution < -0.4 is 5.32 Å². The fraction of sp³-hybridized carbons (Fsp3) is 0.125. The summed E-state index contributed by atoms with van der Waals surface area (Å²) in [5.74, 6) is -0.233. The second-order valence-electron chi connectivity index (χ2n) is 4.35. The lowest BCUT2D eigenvalue weighted by molar-refractivity contribution is -0.116. The number of benzene rings is 2. The SMILES string of the molecule is O=C(CCC(=O)c1ccccc1)Nc1cccc(Cl)c1. The van der Waals surface area contributed by atoms with Crippen LogP contribution in [0, 0.1) is 0 Å². The summed E-state index contributed by atoms with van der Waals surface area (Å²) in [4.78, 5) is 23.6. The highest BCUT2D eigenvalue weighted by molar-refractivity contribution is 6.30. The second kappa shape index (κ2) is 6.87. The average molecular weight is 288 g/mol. The molecule has 102 valence electrons. The minimum absolute atomic E-state index is 0.0353. The molecular formula is C16H14ClNO2. The first-order chi connectivity index (χ1) is 9.65. The molecule has 0 heterocycles. The number of carbonyl (C=O) groups is 2. The third kappa shape index (κ3) is 4.21. The van der Waals surface area contributed by atoms with E-state index in [-0.39, 0.29) is 24.5 Å². The van der Waals surface area contributed by atoms with E-state index in [4.69, 9.17) is 11.6 Å². The van der Waals surface area contributed by atoms with Crippen LogP contribution in [0.15, 0.2) is 54.6 Å². The van der Waals surface area contributed by atoms with Crippen LogP contribution in [0.4, 0.5) is 5.69 Å². The largest absolute Gasteiger partial charge is 0.326 e. The summed E-state index contributed by atoms with van der Waals surface area (Å²) in [6.45, 7) is 0. The minimum atomic E-state index is -0.198. The van der Waals surface area contributed by atoms with Crippen LogP contribution in [0.5, 0.6) is 0 Å². The van der Waals surface area contributed by atoms with Gasteiger partial charge in [0, 0.05) is 29.1 Å². The first-order valence-electron chi connectivity index (χ1n) is 6.29. The third-order valence-corrected chi connectivity index (χ3v) is 3.02. The van der Waals surface area contributed by atoms with Crippen molar-refractivity contribution in [1.82, 2.24) is 0 Å². The summed E-state index contributed by atoms with van der Waals surface area (Å²) in [5.41, 5.74) is 1.26. The molecule has 0 bridgehead atoms. The number of hydrogen-bond donors (Lipinski definition) is 1. The summed E-state index contributed by atoms with van der Waals surface area (Å²) in [5, 5.41) is 3.27. The number of Topliss-reactive ketones (excluding diaryl/α,β-unsaturated/α-hetero) is 1. The highest BCUT2D eigenvalue weighted by Crippen LogP contribution is 2.15. The van der Waals surface area contributed by atoms with Crippen LogP contribution in [0.3, 0.4) is 0 Å². The molecule has 1 N–H and O–H groups in total. The van der Waals surface area contributed by atoms with Gasteiger partial charge in [-0.15, -0.1) is 0 Å². The molecule has 0 spiro atoms. The fourth-order valence-electron chi connectivity index (χ4n) is 1.79. The first-order valence-corrected chi connectivity index (χ1v) is 6.66. The molecule has 1 amide bonds. The summed E-state index contributed by atoms with van der Waals surface area (Å²) < 4.78 is 0. The van der Waals surface area contributed by atoms with E-state index >= 15 is 0 Å².